The summed E-state index contributed by atoms with van der Waals surface area (Å²) >= 11 is 0. The van der Waals surface area contributed by atoms with E-state index in [9.17, 15) is 35.1 Å². The lowest BCUT2D eigenvalue weighted by Crippen LogP contribution is -2.21. The van der Waals surface area contributed by atoms with E-state index in [2.05, 4.69) is 9.97 Å². The Labute approximate surface area is 276 Å². The number of ether oxygens (including phenoxy) is 2. The number of nitrogen functional groups attached to an aromatic ring is 1. The number of aliphatic carboxylic acids is 2. The molecule has 0 spiro atoms. The highest BCUT2D eigenvalue weighted by Crippen LogP contribution is 2.34. The molecule has 0 unspecified atom stereocenters. The summed E-state index contributed by atoms with van der Waals surface area (Å²) in [6.07, 6.45) is -10.4. The number of halogens is 9. The van der Waals surface area contributed by atoms with Crippen molar-refractivity contribution in [3.05, 3.63) is 77.1 Å². The minimum atomic E-state index is -5.08. The number of nitrogens with one attached hydrogen (secondary N) is 2. The predicted molar refractivity (Wildman–Crippen MR) is 160 cm³/mol. The molecule has 0 radical (unpaired) electrons. The first-order chi connectivity index (χ1) is 23.0. The molecular weight excluding hydrogens is 697 g/mol. The number of alkyl halides is 6. The van der Waals surface area contributed by atoms with Gasteiger partial charge in [0.05, 0.1) is 30.3 Å². The molecule has 20 heteroatoms. The monoisotopic (exact) mass is 725 g/mol. The number of hydrogen-bond donors (Lipinski definition) is 5. The van der Waals surface area contributed by atoms with Gasteiger partial charge in [0.2, 0.25) is 5.95 Å². The van der Waals surface area contributed by atoms with Gasteiger partial charge >= 0.3 is 24.3 Å². The lowest BCUT2D eigenvalue weighted by Gasteiger charge is -2.24. The van der Waals surface area contributed by atoms with E-state index in [-0.39, 0.29) is 46.8 Å². The number of nitrogens with zero attached hydrogens (tertiary/aromatic N) is 2. The summed E-state index contributed by atoms with van der Waals surface area (Å²) in [5.74, 6) is -7.50. The topological polar surface area (TPSA) is 175 Å². The average molecular weight is 726 g/mol. The van der Waals surface area contributed by atoms with Crippen molar-refractivity contribution in [2.45, 2.75) is 45.8 Å². The summed E-state index contributed by atoms with van der Waals surface area (Å²) in [6.45, 7) is 5.76. The Bertz CT molecular complexity index is 1750. The highest BCUT2D eigenvalue weighted by molar-refractivity contribution is 5.95. The number of imidazole rings is 1. The van der Waals surface area contributed by atoms with Crippen LogP contribution in [-0.4, -0.2) is 63.0 Å². The molecule has 0 amide bonds. The second kappa shape index (κ2) is 16.6. The van der Waals surface area contributed by atoms with Crippen LogP contribution in [0.1, 0.15) is 31.9 Å². The van der Waals surface area contributed by atoms with E-state index in [1.165, 1.54) is 6.07 Å². The number of aromatic amines is 1. The molecule has 0 fully saturated rings. The molecule has 0 bridgehead atoms. The Kier molecular flexibility index (Phi) is 13.5. The number of amidine groups is 1. The smallest absolute Gasteiger partial charge is 0.490 e. The summed E-state index contributed by atoms with van der Waals surface area (Å²) < 4.78 is 118. The zero-order valence-corrected chi connectivity index (χ0v) is 26.0. The molecule has 6 N–H and O–H groups in total. The standard InChI is InChI=1S/C26H26F3N5O2.2C2HF3O2/c1-4-35-18-9-16(24(29)23(10-18)36-14(2)3)13-34(17-7-5-15(6-8-17)25(30)31)26-32-21-11-19(27)20(28)12-22(21)33-26;2*3-2(4,5)1(6)7/h5-12,14H,4,13H2,1-3H3,(H3,30,31)(H,32,33);2*(H,6,7). The Morgan fingerprint density at radius 1 is 0.940 bits per heavy atom. The first-order valence-electron chi connectivity index (χ1n) is 13.8. The fraction of sp³-hybridized carbons (Fsp3) is 0.267. The minimum Gasteiger partial charge on any atom is -0.494 e. The van der Waals surface area contributed by atoms with E-state index in [1.807, 2.05) is 6.92 Å². The van der Waals surface area contributed by atoms with E-state index in [1.54, 1.807) is 49.1 Å². The molecule has 272 valence electrons. The van der Waals surface area contributed by atoms with Crippen molar-refractivity contribution in [2.24, 2.45) is 5.73 Å². The van der Waals surface area contributed by atoms with E-state index in [0.717, 1.165) is 12.1 Å². The molecule has 50 heavy (non-hydrogen) atoms. The van der Waals surface area contributed by atoms with Crippen LogP contribution < -0.4 is 20.1 Å². The number of carboxylic acids is 2. The summed E-state index contributed by atoms with van der Waals surface area (Å²) in [5, 5.41) is 21.9. The molecule has 1 aromatic heterocycles. The summed E-state index contributed by atoms with van der Waals surface area (Å²) in [5.41, 5.74) is 7.40. The van der Waals surface area contributed by atoms with Crippen LogP contribution in [0, 0.1) is 22.9 Å². The van der Waals surface area contributed by atoms with Crippen LogP contribution in [0.4, 0.5) is 51.1 Å². The van der Waals surface area contributed by atoms with Gasteiger partial charge in [-0.25, -0.2) is 27.7 Å². The normalized spacial score (nSPS) is 11.2. The Balaban J connectivity index is 0.000000521. The lowest BCUT2D eigenvalue weighted by molar-refractivity contribution is -0.193. The first-order valence-corrected chi connectivity index (χ1v) is 13.8. The van der Waals surface area contributed by atoms with Gasteiger partial charge in [-0.05, 0) is 51.1 Å². The summed E-state index contributed by atoms with van der Waals surface area (Å²) in [6, 6.07) is 11.8. The molecule has 0 aliphatic rings. The third-order valence-corrected chi connectivity index (χ3v) is 5.83. The van der Waals surface area contributed by atoms with Crippen molar-refractivity contribution in [3.8, 4) is 11.5 Å². The van der Waals surface area contributed by atoms with Crippen LogP contribution in [0.15, 0.2) is 48.5 Å². The van der Waals surface area contributed by atoms with Crippen LogP contribution >= 0.6 is 0 Å². The zero-order valence-electron chi connectivity index (χ0n) is 26.0. The molecule has 0 saturated heterocycles. The van der Waals surface area contributed by atoms with E-state index in [4.69, 9.17) is 40.4 Å². The van der Waals surface area contributed by atoms with Gasteiger partial charge in [-0.1, -0.05) is 0 Å². The SMILES string of the molecule is CCOc1cc(CN(c2ccc(C(=N)N)cc2)c2nc3cc(F)c(F)cc3[nH]2)c(F)c(OC(C)C)c1.O=C(O)C(F)(F)F.O=C(O)C(F)(F)F. The number of anilines is 2. The average Bonchev–Trinajstić information content (AvgIpc) is 3.39. The molecule has 1 heterocycles. The van der Waals surface area contributed by atoms with Gasteiger partial charge in [-0.3, -0.25) is 5.41 Å². The quantitative estimate of drug-likeness (QED) is 0.0688. The largest absolute Gasteiger partial charge is 0.494 e. The predicted octanol–water partition coefficient (Wildman–Crippen LogP) is 7.06. The van der Waals surface area contributed by atoms with Crippen molar-refractivity contribution < 1.29 is 68.8 Å². The zero-order chi connectivity index (χ0) is 38.1. The maximum absolute atomic E-state index is 15.5. The molecule has 0 saturated carbocycles. The maximum atomic E-state index is 15.5. The van der Waals surface area contributed by atoms with Gasteiger partial charge in [0, 0.05) is 35.0 Å². The highest BCUT2D eigenvalue weighted by Gasteiger charge is 2.39. The summed E-state index contributed by atoms with van der Waals surface area (Å²) in [7, 11) is 0. The number of fused-ring (bicyclic) bond motifs is 1. The number of hydrogen-bond acceptors (Lipinski definition) is 7. The Morgan fingerprint density at radius 3 is 1.92 bits per heavy atom. The molecule has 0 atom stereocenters. The first kappa shape index (κ1) is 40.5. The van der Waals surface area contributed by atoms with Gasteiger partial charge in [-0.15, -0.1) is 0 Å². The Hall–Kier alpha value is -5.69. The van der Waals surface area contributed by atoms with Crippen molar-refractivity contribution >= 4 is 40.4 Å². The number of aromatic nitrogens is 2. The Morgan fingerprint density at radius 2 is 1.46 bits per heavy atom. The van der Waals surface area contributed by atoms with Crippen LogP contribution in [0.3, 0.4) is 0 Å². The fourth-order valence-corrected chi connectivity index (χ4v) is 3.73. The van der Waals surface area contributed by atoms with Crippen molar-refractivity contribution in [1.82, 2.24) is 9.97 Å². The van der Waals surface area contributed by atoms with Gasteiger partial charge in [0.25, 0.3) is 0 Å². The maximum Gasteiger partial charge on any atom is 0.490 e. The molecule has 11 nitrogen and oxygen atoms in total. The van der Waals surface area contributed by atoms with E-state index >= 15 is 4.39 Å². The third kappa shape index (κ3) is 11.5. The minimum absolute atomic E-state index is 0.0224. The van der Waals surface area contributed by atoms with Crippen LogP contribution in [0.25, 0.3) is 11.0 Å². The third-order valence-electron chi connectivity index (χ3n) is 5.83. The van der Waals surface area contributed by atoms with Crippen LogP contribution in [0.2, 0.25) is 0 Å². The number of rotatable bonds is 9. The summed E-state index contributed by atoms with van der Waals surface area (Å²) in [4.78, 5) is 26.8. The van der Waals surface area contributed by atoms with Crippen LogP contribution in [0.5, 0.6) is 11.5 Å². The molecular formula is C30H28F9N5O6. The van der Waals surface area contributed by atoms with Gasteiger partial charge in [0.1, 0.15) is 11.6 Å². The number of nitrogens with two attached hydrogens (primary N) is 1. The van der Waals surface area contributed by atoms with Crippen LogP contribution in [-0.2, 0) is 16.1 Å². The highest BCUT2D eigenvalue weighted by atomic mass is 19.4. The number of carboxylic acid groups (broad SMARTS) is 2. The van der Waals surface area contributed by atoms with Crippen molar-refractivity contribution in [2.75, 3.05) is 11.5 Å². The number of H-pyrrole nitrogens is 1. The van der Waals surface area contributed by atoms with Gasteiger partial charge in [-0.2, -0.15) is 26.3 Å². The molecule has 4 aromatic rings. The second-order valence-electron chi connectivity index (χ2n) is 9.99. The number of benzene rings is 3. The van der Waals surface area contributed by atoms with E-state index in [0.29, 0.717) is 23.6 Å². The molecule has 0 aliphatic heterocycles. The van der Waals surface area contributed by atoms with Crippen molar-refractivity contribution in [1.29, 1.82) is 5.41 Å². The van der Waals surface area contributed by atoms with Crippen molar-refractivity contribution in [3.63, 3.8) is 0 Å². The van der Waals surface area contributed by atoms with E-state index < -0.39 is 41.7 Å². The molecule has 0 aliphatic carbocycles. The molecule has 3 aromatic carbocycles. The molecule has 4 rings (SSSR count). The van der Waals surface area contributed by atoms with Gasteiger partial charge in [0.15, 0.2) is 23.2 Å². The number of carbonyl (C=O) groups is 2. The second-order valence-corrected chi connectivity index (χ2v) is 9.99. The lowest BCUT2D eigenvalue weighted by atomic mass is 10.1. The van der Waals surface area contributed by atoms with Gasteiger partial charge < -0.3 is 35.3 Å². The fourth-order valence-electron chi connectivity index (χ4n) is 3.73.